The van der Waals surface area contributed by atoms with Gasteiger partial charge in [0.15, 0.2) is 0 Å². The summed E-state index contributed by atoms with van der Waals surface area (Å²) in [5, 5.41) is 21.3. The molecule has 0 heterocycles. The van der Waals surface area contributed by atoms with Crippen LogP contribution < -0.4 is 0 Å². The first-order valence-electron chi connectivity index (χ1n) is 7.91. The van der Waals surface area contributed by atoms with Crippen molar-refractivity contribution in [3.8, 4) is 22.6 Å². The smallest absolute Gasteiger partial charge is 0.124 e. The molecule has 2 aliphatic rings. The Hall–Kier alpha value is -1.96. The summed E-state index contributed by atoms with van der Waals surface area (Å²) >= 11 is 0. The van der Waals surface area contributed by atoms with Crippen LogP contribution in [0.1, 0.15) is 54.7 Å². The topological polar surface area (TPSA) is 40.5 Å². The van der Waals surface area contributed by atoms with E-state index in [0.717, 1.165) is 41.5 Å². The minimum Gasteiger partial charge on any atom is -0.507 e. The average Bonchev–Trinajstić information content (AvgIpc) is 2.92. The van der Waals surface area contributed by atoms with Gasteiger partial charge in [-0.3, -0.25) is 0 Å². The molecule has 2 aromatic carbocycles. The van der Waals surface area contributed by atoms with Crippen molar-refractivity contribution >= 4 is 0 Å². The van der Waals surface area contributed by atoms with E-state index in [2.05, 4.69) is 6.07 Å². The second kappa shape index (κ2) is 4.80. The lowest BCUT2D eigenvalue weighted by molar-refractivity contribution is 0.407. The van der Waals surface area contributed by atoms with Crippen molar-refractivity contribution in [1.29, 1.82) is 0 Å². The first kappa shape index (κ1) is 12.8. The average molecular weight is 280 g/mol. The number of fused-ring (bicyclic) bond motifs is 3. The van der Waals surface area contributed by atoms with Crippen LogP contribution in [0.15, 0.2) is 30.3 Å². The van der Waals surface area contributed by atoms with Crippen LogP contribution in [0.2, 0.25) is 0 Å². The lowest BCUT2D eigenvalue weighted by Crippen LogP contribution is -2.05. The summed E-state index contributed by atoms with van der Waals surface area (Å²) in [6.45, 7) is 0. The molecule has 1 saturated carbocycles. The van der Waals surface area contributed by atoms with E-state index in [1.165, 1.54) is 24.8 Å². The second-order valence-electron chi connectivity index (χ2n) is 6.36. The molecule has 0 atom stereocenters. The molecule has 0 saturated heterocycles. The third-order valence-electron chi connectivity index (χ3n) is 5.11. The molecule has 0 bridgehead atoms. The van der Waals surface area contributed by atoms with Crippen LogP contribution in [0.25, 0.3) is 11.1 Å². The lowest BCUT2D eigenvalue weighted by Gasteiger charge is -2.24. The minimum absolute atomic E-state index is 0.327. The number of benzene rings is 2. The summed E-state index contributed by atoms with van der Waals surface area (Å²) in [6.07, 6.45) is 6.72. The van der Waals surface area contributed by atoms with E-state index in [9.17, 15) is 10.2 Å². The van der Waals surface area contributed by atoms with Gasteiger partial charge < -0.3 is 10.2 Å². The van der Waals surface area contributed by atoms with Crippen LogP contribution in [0.3, 0.4) is 0 Å². The molecule has 2 heteroatoms. The van der Waals surface area contributed by atoms with E-state index in [1.807, 2.05) is 24.3 Å². The summed E-state index contributed by atoms with van der Waals surface area (Å²) in [6, 6.07) is 9.92. The molecular formula is C19H20O2. The zero-order valence-corrected chi connectivity index (χ0v) is 12.1. The molecule has 108 valence electrons. The van der Waals surface area contributed by atoms with Crippen LogP contribution in [0.4, 0.5) is 0 Å². The Morgan fingerprint density at radius 1 is 0.952 bits per heavy atom. The quantitative estimate of drug-likeness (QED) is 0.633. The second-order valence-corrected chi connectivity index (χ2v) is 6.36. The van der Waals surface area contributed by atoms with Gasteiger partial charge in [-0.2, -0.15) is 0 Å². The predicted molar refractivity (Wildman–Crippen MR) is 83.8 cm³/mol. The molecule has 0 aromatic heterocycles. The van der Waals surface area contributed by atoms with E-state index >= 15 is 0 Å². The molecule has 4 rings (SSSR count). The molecule has 2 aliphatic carbocycles. The molecule has 0 amide bonds. The van der Waals surface area contributed by atoms with Crippen molar-refractivity contribution in [3.05, 3.63) is 47.0 Å². The lowest BCUT2D eigenvalue weighted by atomic mass is 9.82. The first-order valence-corrected chi connectivity index (χ1v) is 7.91. The van der Waals surface area contributed by atoms with E-state index in [-0.39, 0.29) is 0 Å². The van der Waals surface area contributed by atoms with Gasteiger partial charge in [-0.15, -0.1) is 0 Å². The maximum Gasteiger partial charge on any atom is 0.124 e. The van der Waals surface area contributed by atoms with Crippen molar-refractivity contribution in [2.24, 2.45) is 0 Å². The molecule has 0 radical (unpaired) electrons. The van der Waals surface area contributed by atoms with Gasteiger partial charge in [-0.1, -0.05) is 43.5 Å². The van der Waals surface area contributed by atoms with Gasteiger partial charge in [0.1, 0.15) is 11.5 Å². The first-order chi connectivity index (χ1) is 10.3. The Morgan fingerprint density at radius 3 is 2.52 bits per heavy atom. The third-order valence-corrected chi connectivity index (χ3v) is 5.11. The van der Waals surface area contributed by atoms with Crippen LogP contribution in [0.5, 0.6) is 11.5 Å². The number of phenolic OH excluding ortho intramolecular Hbond substituents is 2. The minimum atomic E-state index is 0.327. The van der Waals surface area contributed by atoms with Crippen molar-refractivity contribution in [2.75, 3.05) is 0 Å². The fourth-order valence-electron chi connectivity index (χ4n) is 4.04. The van der Waals surface area contributed by atoms with Crippen molar-refractivity contribution < 1.29 is 10.2 Å². The Bertz CT molecular complexity index is 697. The van der Waals surface area contributed by atoms with Crippen molar-refractivity contribution in [1.82, 2.24) is 0 Å². The maximum absolute atomic E-state index is 10.7. The molecule has 0 unspecified atom stereocenters. The van der Waals surface area contributed by atoms with Crippen LogP contribution in [0, 0.1) is 0 Å². The molecular weight excluding hydrogens is 260 g/mol. The molecule has 2 N–H and O–H groups in total. The Balaban J connectivity index is 1.85. The Labute approximate surface area is 125 Å². The van der Waals surface area contributed by atoms with Crippen LogP contribution in [-0.2, 0) is 6.42 Å². The van der Waals surface area contributed by atoms with Gasteiger partial charge in [-0.25, -0.2) is 0 Å². The normalized spacial score (nSPS) is 17.5. The monoisotopic (exact) mass is 280 g/mol. The largest absolute Gasteiger partial charge is 0.507 e. The van der Waals surface area contributed by atoms with E-state index in [1.54, 1.807) is 0 Å². The summed E-state index contributed by atoms with van der Waals surface area (Å²) in [7, 11) is 0. The van der Waals surface area contributed by atoms with Gasteiger partial charge in [0, 0.05) is 23.1 Å². The molecule has 2 aromatic rings. The predicted octanol–water partition coefficient (Wildman–Crippen LogP) is 4.72. The number of hydrogen-bond donors (Lipinski definition) is 2. The molecule has 2 nitrogen and oxygen atoms in total. The highest BCUT2D eigenvalue weighted by atomic mass is 16.3. The number of phenols is 2. The van der Waals surface area contributed by atoms with E-state index in [4.69, 9.17) is 0 Å². The Kier molecular flexibility index (Phi) is 2.91. The van der Waals surface area contributed by atoms with E-state index in [0.29, 0.717) is 17.4 Å². The van der Waals surface area contributed by atoms with Gasteiger partial charge in [0.25, 0.3) is 0 Å². The number of rotatable bonds is 1. The molecule has 0 spiro atoms. The zero-order valence-electron chi connectivity index (χ0n) is 12.1. The fraction of sp³-hybridized carbons (Fsp3) is 0.368. The molecule has 0 aliphatic heterocycles. The highest BCUT2D eigenvalue weighted by Crippen LogP contribution is 2.50. The number of aromatic hydroxyl groups is 2. The van der Waals surface area contributed by atoms with Gasteiger partial charge >= 0.3 is 0 Å². The Morgan fingerprint density at radius 2 is 1.71 bits per heavy atom. The third kappa shape index (κ3) is 1.93. The maximum atomic E-state index is 10.7. The summed E-state index contributed by atoms with van der Waals surface area (Å²) in [4.78, 5) is 0. The molecule has 21 heavy (non-hydrogen) atoms. The summed E-state index contributed by atoms with van der Waals surface area (Å²) in [5.41, 5.74) is 4.97. The fourth-order valence-corrected chi connectivity index (χ4v) is 4.04. The standard InChI is InChI=1S/C19H20O2/c20-17-11-15(12-6-2-1-3-7-12)19(21)16-10-13-8-4-5-9-14(13)18(16)17/h4-5,8-9,11-12,20-21H,1-3,6-7,10H2. The highest BCUT2D eigenvalue weighted by Gasteiger charge is 2.29. The van der Waals surface area contributed by atoms with Gasteiger partial charge in [-0.05, 0) is 36.0 Å². The summed E-state index contributed by atoms with van der Waals surface area (Å²) in [5.74, 6) is 1.15. The summed E-state index contributed by atoms with van der Waals surface area (Å²) < 4.78 is 0. The van der Waals surface area contributed by atoms with Gasteiger partial charge in [0.05, 0.1) is 0 Å². The van der Waals surface area contributed by atoms with Crippen molar-refractivity contribution in [3.63, 3.8) is 0 Å². The number of hydrogen-bond acceptors (Lipinski definition) is 2. The zero-order chi connectivity index (χ0) is 14.4. The van der Waals surface area contributed by atoms with E-state index < -0.39 is 0 Å². The SMILES string of the molecule is Oc1cc(C2CCCCC2)c(O)c2c1-c1ccccc1C2. The van der Waals surface area contributed by atoms with Gasteiger partial charge in [0.2, 0.25) is 0 Å². The van der Waals surface area contributed by atoms with Crippen LogP contribution in [-0.4, -0.2) is 10.2 Å². The van der Waals surface area contributed by atoms with Crippen LogP contribution >= 0.6 is 0 Å². The van der Waals surface area contributed by atoms with Crippen molar-refractivity contribution in [2.45, 2.75) is 44.4 Å². The molecule has 1 fully saturated rings. The highest BCUT2D eigenvalue weighted by molar-refractivity contribution is 5.84.